The number of rotatable bonds is 3. The van der Waals surface area contributed by atoms with E-state index in [0.717, 1.165) is 17.2 Å². The number of fused-ring (bicyclic) bond motifs is 1. The van der Waals surface area contributed by atoms with Gasteiger partial charge in [0.1, 0.15) is 11.5 Å². The van der Waals surface area contributed by atoms with Crippen LogP contribution >= 0.6 is 0 Å². The molecule has 0 fully saturated rings. The van der Waals surface area contributed by atoms with E-state index in [4.69, 9.17) is 11.6 Å². The van der Waals surface area contributed by atoms with Crippen molar-refractivity contribution in [2.75, 3.05) is 11.1 Å². The van der Waals surface area contributed by atoms with E-state index in [2.05, 4.69) is 25.6 Å². The van der Waals surface area contributed by atoms with Crippen molar-refractivity contribution in [3.05, 3.63) is 71.4 Å². The predicted molar refractivity (Wildman–Crippen MR) is 108 cm³/mol. The minimum atomic E-state index is -1.14. The number of benzene rings is 2. The Hall–Kier alpha value is -4.21. The molecule has 1 aliphatic rings. The first-order chi connectivity index (χ1) is 14.5. The summed E-state index contributed by atoms with van der Waals surface area (Å²) in [4.78, 5) is 19.8. The average molecular weight is 407 g/mol. The number of pyridine rings is 1. The number of amidine groups is 1. The van der Waals surface area contributed by atoms with E-state index in [-0.39, 0.29) is 28.8 Å². The van der Waals surface area contributed by atoms with Crippen molar-refractivity contribution in [1.82, 2.24) is 4.98 Å². The van der Waals surface area contributed by atoms with Crippen molar-refractivity contribution < 1.29 is 13.6 Å². The normalized spacial score (nSPS) is 13.5. The first kappa shape index (κ1) is 19.1. The molecule has 0 saturated carbocycles. The number of nitrogens with one attached hydrogen (secondary N) is 1. The molecule has 1 aromatic heterocycles. The van der Waals surface area contributed by atoms with Crippen LogP contribution in [-0.2, 0) is 11.2 Å². The Labute approximate surface area is 169 Å². The zero-order chi connectivity index (χ0) is 21.3. The van der Waals surface area contributed by atoms with Crippen molar-refractivity contribution >= 4 is 28.9 Å². The van der Waals surface area contributed by atoms with Crippen LogP contribution < -0.4 is 16.9 Å². The number of halogens is 2. The molecule has 2 aromatic carbocycles. The highest BCUT2D eigenvalue weighted by Gasteiger charge is 2.19. The highest BCUT2D eigenvalue weighted by molar-refractivity contribution is 6.05. The van der Waals surface area contributed by atoms with Gasteiger partial charge >= 0.3 is 0 Å². The van der Waals surface area contributed by atoms with E-state index in [1.54, 1.807) is 6.07 Å². The lowest BCUT2D eigenvalue weighted by molar-refractivity contribution is -0.115. The Morgan fingerprint density at radius 1 is 1.13 bits per heavy atom. The molecule has 5 N–H and O–H groups in total. The molecule has 0 saturated heterocycles. The molecule has 1 aliphatic heterocycles. The molecular formula is C20H15F2N7O. The molecule has 4 rings (SSSR count). The lowest BCUT2D eigenvalue weighted by atomic mass is 10.0. The molecule has 0 atom stereocenters. The zero-order valence-corrected chi connectivity index (χ0v) is 15.4. The second kappa shape index (κ2) is 7.66. The summed E-state index contributed by atoms with van der Waals surface area (Å²) in [6, 6.07) is 10.7. The number of aliphatic imine (C=N–C) groups is 1. The standard InChI is InChI=1S/C20H15F2N7O/c21-14-2-1-3-15(18(14)22)27-20(28-29-24)13-6-12(9-25-19(13)23)10-4-5-11-8-17(30)26-16(11)7-10/h1-7,9H,8H2,(H2,23,25)(H,26,30)(H2,24,27,28). The van der Waals surface area contributed by atoms with Crippen molar-refractivity contribution in [3.63, 3.8) is 0 Å². The van der Waals surface area contributed by atoms with Crippen LogP contribution in [0.5, 0.6) is 0 Å². The molecule has 0 aliphatic carbocycles. The van der Waals surface area contributed by atoms with Gasteiger partial charge in [-0.1, -0.05) is 23.4 Å². The van der Waals surface area contributed by atoms with Gasteiger partial charge in [0.25, 0.3) is 0 Å². The van der Waals surface area contributed by atoms with Gasteiger partial charge in [0.05, 0.1) is 12.0 Å². The minimum Gasteiger partial charge on any atom is -0.383 e. The molecule has 150 valence electrons. The first-order valence-corrected chi connectivity index (χ1v) is 8.79. The molecule has 30 heavy (non-hydrogen) atoms. The lowest BCUT2D eigenvalue weighted by Crippen LogP contribution is -2.06. The van der Waals surface area contributed by atoms with Crippen LogP contribution in [0.2, 0.25) is 0 Å². The van der Waals surface area contributed by atoms with E-state index in [1.807, 2.05) is 18.2 Å². The third-order valence-corrected chi connectivity index (χ3v) is 4.54. The van der Waals surface area contributed by atoms with Crippen LogP contribution in [0.15, 0.2) is 64.0 Å². The Kier molecular flexibility index (Phi) is 4.88. The lowest BCUT2D eigenvalue weighted by Gasteiger charge is -2.09. The van der Waals surface area contributed by atoms with Gasteiger partial charge in [-0.15, -0.1) is 5.11 Å². The Morgan fingerprint density at radius 3 is 2.77 bits per heavy atom. The highest BCUT2D eigenvalue weighted by atomic mass is 19.2. The van der Waals surface area contributed by atoms with Gasteiger partial charge in [-0.05, 0) is 35.4 Å². The molecule has 0 unspecified atom stereocenters. The summed E-state index contributed by atoms with van der Waals surface area (Å²) < 4.78 is 27.6. The monoisotopic (exact) mass is 407 g/mol. The maximum atomic E-state index is 14.1. The number of amides is 1. The molecule has 0 spiro atoms. The second-order valence-corrected chi connectivity index (χ2v) is 6.48. The fourth-order valence-electron chi connectivity index (χ4n) is 3.09. The molecule has 0 bridgehead atoms. The van der Waals surface area contributed by atoms with E-state index >= 15 is 0 Å². The predicted octanol–water partition coefficient (Wildman–Crippen LogP) is 3.51. The van der Waals surface area contributed by atoms with Gasteiger partial charge < -0.3 is 16.9 Å². The van der Waals surface area contributed by atoms with Crippen LogP contribution in [0.1, 0.15) is 11.1 Å². The van der Waals surface area contributed by atoms with Crippen molar-refractivity contribution in [2.24, 2.45) is 21.2 Å². The first-order valence-electron chi connectivity index (χ1n) is 8.79. The largest absolute Gasteiger partial charge is 0.383 e. The van der Waals surface area contributed by atoms with E-state index in [9.17, 15) is 13.6 Å². The fraction of sp³-hybridized carbons (Fsp3) is 0.0500. The number of aromatic nitrogens is 1. The summed E-state index contributed by atoms with van der Waals surface area (Å²) in [7, 11) is 0. The number of nitrogens with zero attached hydrogens (tertiary/aromatic N) is 4. The van der Waals surface area contributed by atoms with E-state index < -0.39 is 11.6 Å². The van der Waals surface area contributed by atoms with E-state index in [0.29, 0.717) is 17.7 Å². The molecule has 0 radical (unpaired) electrons. The smallest absolute Gasteiger partial charge is 0.228 e. The van der Waals surface area contributed by atoms with Gasteiger partial charge in [-0.2, -0.15) is 0 Å². The number of nitrogen functional groups attached to an aromatic ring is 1. The minimum absolute atomic E-state index is 0.0520. The third-order valence-electron chi connectivity index (χ3n) is 4.54. The van der Waals surface area contributed by atoms with Crippen molar-refractivity contribution in [2.45, 2.75) is 6.42 Å². The number of hydrogen-bond acceptors (Lipinski definition) is 5. The van der Waals surface area contributed by atoms with Crippen LogP contribution in [-0.4, -0.2) is 16.7 Å². The maximum Gasteiger partial charge on any atom is 0.228 e. The summed E-state index contributed by atoms with van der Waals surface area (Å²) in [6.07, 6.45) is 1.87. The SMILES string of the molecule is NN=NC(=Nc1cccc(F)c1F)c1cc(-c2ccc3c(c2)NC(=O)C3)cnc1N. The number of carbonyl (C=O) groups excluding carboxylic acids is 1. The van der Waals surface area contributed by atoms with Gasteiger partial charge in [0.15, 0.2) is 17.5 Å². The number of anilines is 2. The summed E-state index contributed by atoms with van der Waals surface area (Å²) >= 11 is 0. The summed E-state index contributed by atoms with van der Waals surface area (Å²) in [6.45, 7) is 0. The molecule has 8 nitrogen and oxygen atoms in total. The second-order valence-electron chi connectivity index (χ2n) is 6.48. The molecule has 1 amide bonds. The van der Waals surface area contributed by atoms with Crippen LogP contribution in [0.25, 0.3) is 11.1 Å². The van der Waals surface area contributed by atoms with Crippen molar-refractivity contribution in [1.29, 1.82) is 0 Å². The summed E-state index contributed by atoms with van der Waals surface area (Å²) in [5.74, 6) is 2.82. The third kappa shape index (κ3) is 3.58. The van der Waals surface area contributed by atoms with Crippen molar-refractivity contribution in [3.8, 4) is 11.1 Å². The zero-order valence-electron chi connectivity index (χ0n) is 15.4. The topological polar surface area (TPSA) is 131 Å². The average Bonchev–Trinajstić information content (AvgIpc) is 3.10. The quantitative estimate of drug-likeness (QED) is 0.202. The summed E-state index contributed by atoms with van der Waals surface area (Å²) in [5.41, 5.74) is 8.92. The van der Waals surface area contributed by atoms with Gasteiger partial charge in [0, 0.05) is 17.4 Å². The van der Waals surface area contributed by atoms with Gasteiger partial charge in [-0.3, -0.25) is 4.79 Å². The highest BCUT2D eigenvalue weighted by Crippen LogP contribution is 2.31. The molecular weight excluding hydrogens is 392 g/mol. The maximum absolute atomic E-state index is 14.1. The van der Waals surface area contributed by atoms with Gasteiger partial charge in [-0.25, -0.2) is 18.8 Å². The number of carbonyl (C=O) groups is 1. The van der Waals surface area contributed by atoms with Crippen LogP contribution in [0.4, 0.5) is 26.0 Å². The Morgan fingerprint density at radius 2 is 1.97 bits per heavy atom. The van der Waals surface area contributed by atoms with Crippen LogP contribution in [0.3, 0.4) is 0 Å². The molecule has 2 heterocycles. The molecule has 3 aromatic rings. The van der Waals surface area contributed by atoms with Gasteiger partial charge in [0.2, 0.25) is 5.91 Å². The Bertz CT molecular complexity index is 1220. The van der Waals surface area contributed by atoms with Crippen LogP contribution in [0, 0.1) is 11.6 Å². The molecule has 10 heteroatoms. The van der Waals surface area contributed by atoms with E-state index in [1.165, 1.54) is 18.3 Å². The summed E-state index contributed by atoms with van der Waals surface area (Å²) in [5, 5.41) is 9.70. The Balaban J connectivity index is 1.80. The number of hydrogen-bond donors (Lipinski definition) is 3. The number of nitrogens with two attached hydrogens (primary N) is 2. The fourth-order valence-corrected chi connectivity index (χ4v) is 3.09.